The Bertz CT molecular complexity index is 552. The number of halogens is 2. The van der Waals surface area contributed by atoms with Gasteiger partial charge in [-0.1, -0.05) is 30.3 Å². The largest absolute Gasteiger partial charge is 0.459 e. The van der Waals surface area contributed by atoms with E-state index in [1.54, 1.807) is 45.0 Å². The zero-order chi connectivity index (χ0) is 18.9. The molecule has 6 nitrogen and oxygen atoms in total. The van der Waals surface area contributed by atoms with Crippen LogP contribution < -0.4 is 5.32 Å². The highest BCUT2D eigenvalue weighted by molar-refractivity contribution is 5.81. The Labute approximate surface area is 146 Å². The molecule has 1 atom stereocenters. The van der Waals surface area contributed by atoms with E-state index in [1.165, 1.54) is 0 Å². The first-order valence-electron chi connectivity index (χ1n) is 7.77. The van der Waals surface area contributed by atoms with Crippen molar-refractivity contribution in [1.82, 2.24) is 5.32 Å². The first-order valence-corrected chi connectivity index (χ1v) is 7.77. The maximum absolute atomic E-state index is 12.2. The maximum atomic E-state index is 12.2. The van der Waals surface area contributed by atoms with Crippen molar-refractivity contribution < 1.29 is 34.0 Å². The molecule has 0 fully saturated rings. The Balaban J connectivity index is 0.00000625. The lowest BCUT2D eigenvalue weighted by atomic mass is 10.2. The Morgan fingerprint density at radius 3 is 2.40 bits per heavy atom. The van der Waals surface area contributed by atoms with Crippen LogP contribution in [-0.4, -0.2) is 36.9 Å². The molecule has 1 rings (SSSR count). The van der Waals surface area contributed by atoms with Gasteiger partial charge in [-0.15, -0.1) is 0 Å². The summed E-state index contributed by atoms with van der Waals surface area (Å²) in [7, 11) is 0. The summed E-state index contributed by atoms with van der Waals surface area (Å²) in [5, 5.41) is 2.32. The molecule has 25 heavy (non-hydrogen) atoms. The third-order valence-electron chi connectivity index (χ3n) is 2.85. The van der Waals surface area contributed by atoms with Crippen molar-refractivity contribution >= 4 is 12.1 Å². The molecule has 0 aromatic heterocycles. The Morgan fingerprint density at radius 2 is 1.84 bits per heavy atom. The predicted molar refractivity (Wildman–Crippen MR) is 88.1 cm³/mol. The summed E-state index contributed by atoms with van der Waals surface area (Å²) in [4.78, 5) is 24.0. The molecule has 0 aliphatic carbocycles. The molecular weight excluding hydrogens is 336 g/mol. The summed E-state index contributed by atoms with van der Waals surface area (Å²) in [5.41, 5.74) is -0.00195. The van der Waals surface area contributed by atoms with Gasteiger partial charge in [0, 0.05) is 7.85 Å². The van der Waals surface area contributed by atoms with Gasteiger partial charge in [0.05, 0.1) is 6.61 Å². The minimum Gasteiger partial charge on any atom is -0.459 e. The van der Waals surface area contributed by atoms with Crippen LogP contribution in [0.25, 0.3) is 0 Å². The Kier molecular flexibility index (Phi) is 8.27. The molecule has 142 valence electrons. The van der Waals surface area contributed by atoms with E-state index < -0.39 is 36.9 Å². The monoisotopic (exact) mass is 361 g/mol. The second kappa shape index (κ2) is 9.93. The van der Waals surface area contributed by atoms with E-state index in [-0.39, 0.29) is 14.5 Å². The fourth-order valence-corrected chi connectivity index (χ4v) is 1.80. The average Bonchev–Trinajstić information content (AvgIpc) is 2.50. The molecule has 0 aliphatic rings. The van der Waals surface area contributed by atoms with Crippen molar-refractivity contribution in [2.75, 3.05) is 6.61 Å². The number of rotatable bonds is 8. The van der Waals surface area contributed by atoms with E-state index >= 15 is 0 Å². The lowest BCUT2D eigenvalue weighted by Crippen LogP contribution is -2.44. The number of carbonyl (C=O) groups is 2. The molecule has 0 saturated heterocycles. The van der Waals surface area contributed by atoms with Gasteiger partial charge in [0.2, 0.25) is 0 Å². The number of amides is 1. The minimum absolute atomic E-state index is 0. The first kappa shape index (κ1) is 20.8. The molecule has 1 aromatic carbocycles. The van der Waals surface area contributed by atoms with Crippen molar-refractivity contribution in [3.8, 4) is 0 Å². The van der Waals surface area contributed by atoms with E-state index in [2.05, 4.69) is 10.1 Å². The quantitative estimate of drug-likeness (QED) is 0.718. The van der Waals surface area contributed by atoms with E-state index in [0.717, 1.165) is 5.56 Å². The van der Waals surface area contributed by atoms with E-state index in [4.69, 9.17) is 9.47 Å². The Hall–Kier alpha value is -2.22. The fourth-order valence-electron chi connectivity index (χ4n) is 1.80. The maximum Gasteiger partial charge on any atom is 0.408 e. The molecule has 0 saturated carbocycles. The number of benzene rings is 1. The second-order valence-electron chi connectivity index (χ2n) is 6.21. The molecule has 0 radical (unpaired) electrons. The first-order chi connectivity index (χ1) is 11.7. The van der Waals surface area contributed by atoms with Gasteiger partial charge in [0.25, 0.3) is 0 Å². The van der Waals surface area contributed by atoms with Crippen LogP contribution in [0.1, 0.15) is 34.2 Å². The van der Waals surface area contributed by atoms with Crippen LogP contribution in [0.5, 0.6) is 0 Å². The fraction of sp³-hybridized carbons (Fsp3) is 0.529. The van der Waals surface area contributed by atoms with Gasteiger partial charge in [-0.3, -0.25) is 0 Å². The minimum atomic E-state index is -2.96. The summed E-state index contributed by atoms with van der Waals surface area (Å²) in [6.45, 7) is 1.61. The van der Waals surface area contributed by atoms with Crippen molar-refractivity contribution in [1.29, 1.82) is 0 Å². The molecule has 0 heterocycles. The van der Waals surface area contributed by atoms with E-state index in [0.29, 0.717) is 0 Å². The molecule has 0 aliphatic heterocycles. The standard InChI is InChI=1S/C17H23F2NO5.H2/c1-17(2,3)25-16(22)20-13(9-10-23-15(18)19)14(21)24-11-12-7-5-4-6-8-12;/h4-8,13,15H,9-11H2,1-3H3,(H,20,22);1H. The van der Waals surface area contributed by atoms with Gasteiger partial charge in [0.15, 0.2) is 0 Å². The zero-order valence-electron chi connectivity index (χ0n) is 14.5. The summed E-state index contributed by atoms with van der Waals surface area (Å²) in [6, 6.07) is 7.77. The van der Waals surface area contributed by atoms with Crippen LogP contribution in [0.4, 0.5) is 13.6 Å². The predicted octanol–water partition coefficient (Wildman–Crippen LogP) is 3.50. The number of nitrogens with one attached hydrogen (secondary N) is 1. The van der Waals surface area contributed by atoms with Gasteiger partial charge < -0.3 is 19.5 Å². The highest BCUT2D eigenvalue weighted by Gasteiger charge is 2.26. The van der Waals surface area contributed by atoms with Crippen LogP contribution in [0.2, 0.25) is 0 Å². The zero-order valence-corrected chi connectivity index (χ0v) is 14.5. The lowest BCUT2D eigenvalue weighted by Gasteiger charge is -2.23. The second-order valence-corrected chi connectivity index (χ2v) is 6.21. The molecule has 0 spiro atoms. The number of hydrogen-bond donors (Lipinski definition) is 1. The van der Waals surface area contributed by atoms with Crippen LogP contribution in [0, 0.1) is 0 Å². The number of alkyl halides is 2. The summed E-state index contributed by atoms with van der Waals surface area (Å²) in [6.07, 6.45) is -1.01. The summed E-state index contributed by atoms with van der Waals surface area (Å²) < 4.78 is 38.5. The van der Waals surface area contributed by atoms with Crippen LogP contribution in [-0.2, 0) is 25.6 Å². The van der Waals surface area contributed by atoms with E-state index in [9.17, 15) is 18.4 Å². The molecule has 1 aromatic rings. The topological polar surface area (TPSA) is 73.9 Å². The molecule has 1 unspecified atom stereocenters. The number of hydrogen-bond acceptors (Lipinski definition) is 5. The number of esters is 1. The number of carbonyl (C=O) groups excluding carboxylic acids is 2. The Morgan fingerprint density at radius 1 is 1.20 bits per heavy atom. The van der Waals surface area contributed by atoms with Gasteiger partial charge >= 0.3 is 18.7 Å². The van der Waals surface area contributed by atoms with Crippen molar-refractivity contribution in [2.24, 2.45) is 0 Å². The van der Waals surface area contributed by atoms with Crippen molar-refractivity contribution in [2.45, 2.75) is 52.1 Å². The van der Waals surface area contributed by atoms with E-state index in [1.807, 2.05) is 6.07 Å². The number of ether oxygens (including phenoxy) is 3. The summed E-state index contributed by atoms with van der Waals surface area (Å²) in [5.74, 6) is -0.757. The van der Waals surface area contributed by atoms with Crippen molar-refractivity contribution in [3.63, 3.8) is 0 Å². The van der Waals surface area contributed by atoms with Crippen LogP contribution in [0.15, 0.2) is 30.3 Å². The molecule has 8 heteroatoms. The number of alkyl carbamates (subject to hydrolysis) is 1. The van der Waals surface area contributed by atoms with Crippen LogP contribution >= 0.6 is 0 Å². The summed E-state index contributed by atoms with van der Waals surface area (Å²) >= 11 is 0. The third kappa shape index (κ3) is 9.61. The smallest absolute Gasteiger partial charge is 0.408 e. The van der Waals surface area contributed by atoms with Gasteiger partial charge in [-0.05, 0) is 26.3 Å². The van der Waals surface area contributed by atoms with Gasteiger partial charge in [-0.2, -0.15) is 8.78 Å². The SMILES string of the molecule is CC(C)(C)OC(=O)NC(CCOC(F)F)C(=O)OCc1ccccc1.[HH]. The molecule has 1 amide bonds. The normalized spacial score (nSPS) is 12.6. The van der Waals surface area contributed by atoms with Gasteiger partial charge in [0.1, 0.15) is 18.2 Å². The van der Waals surface area contributed by atoms with Crippen molar-refractivity contribution in [3.05, 3.63) is 35.9 Å². The molecule has 0 bridgehead atoms. The highest BCUT2D eigenvalue weighted by atomic mass is 19.3. The molecule has 1 N–H and O–H groups in total. The third-order valence-corrected chi connectivity index (χ3v) is 2.85. The molecular formula is C17H25F2NO5. The average molecular weight is 361 g/mol. The lowest BCUT2D eigenvalue weighted by molar-refractivity contribution is -0.151. The highest BCUT2D eigenvalue weighted by Crippen LogP contribution is 2.09. The van der Waals surface area contributed by atoms with Gasteiger partial charge in [-0.25, -0.2) is 9.59 Å². The van der Waals surface area contributed by atoms with Crippen LogP contribution in [0.3, 0.4) is 0 Å².